The lowest BCUT2D eigenvalue weighted by Gasteiger charge is -2.07. The van der Waals surface area contributed by atoms with Gasteiger partial charge in [0.15, 0.2) is 0 Å². The van der Waals surface area contributed by atoms with Gasteiger partial charge in [0.1, 0.15) is 10.6 Å². The van der Waals surface area contributed by atoms with Gasteiger partial charge in [0, 0.05) is 13.1 Å². The Morgan fingerprint density at radius 3 is 2.88 bits per heavy atom. The maximum atomic E-state index is 4.47. The highest BCUT2D eigenvalue weighted by Gasteiger charge is 2.07. The highest BCUT2D eigenvalue weighted by Crippen LogP contribution is 2.26. The minimum Gasteiger partial charge on any atom is -0.370 e. The van der Waals surface area contributed by atoms with Gasteiger partial charge in [-0.2, -0.15) is 4.98 Å². The second-order valence-electron chi connectivity index (χ2n) is 3.49. The van der Waals surface area contributed by atoms with E-state index in [-0.39, 0.29) is 0 Å². The molecule has 0 amide bonds. The Balaban J connectivity index is 2.36. The Bertz CT molecular complexity index is 466. The van der Waals surface area contributed by atoms with E-state index in [4.69, 9.17) is 0 Å². The van der Waals surface area contributed by atoms with Gasteiger partial charge in [0.25, 0.3) is 0 Å². The third kappa shape index (κ3) is 2.24. The zero-order valence-corrected chi connectivity index (χ0v) is 10.4. The third-order valence-electron chi connectivity index (χ3n) is 2.20. The zero-order valence-electron chi connectivity index (χ0n) is 9.58. The molecule has 2 N–H and O–H groups in total. The maximum absolute atomic E-state index is 4.47. The summed E-state index contributed by atoms with van der Waals surface area (Å²) in [5.74, 6) is 1.64. The van der Waals surface area contributed by atoms with Crippen LogP contribution in [0.5, 0.6) is 0 Å². The first-order valence-electron chi connectivity index (χ1n) is 5.58. The summed E-state index contributed by atoms with van der Waals surface area (Å²) in [5, 5.41) is 9.64. The van der Waals surface area contributed by atoms with Crippen LogP contribution in [0.3, 0.4) is 0 Å². The number of thiophene rings is 1. The minimum absolute atomic E-state index is 0.716. The summed E-state index contributed by atoms with van der Waals surface area (Å²) in [6.45, 7) is 5.97. The molecule has 2 rings (SSSR count). The van der Waals surface area contributed by atoms with E-state index in [2.05, 4.69) is 40.5 Å². The van der Waals surface area contributed by atoms with E-state index < -0.39 is 0 Å². The predicted molar refractivity (Wildman–Crippen MR) is 70.4 cm³/mol. The molecule has 0 aromatic carbocycles. The number of aromatic nitrogens is 2. The summed E-state index contributed by atoms with van der Waals surface area (Å²) >= 11 is 1.64. The van der Waals surface area contributed by atoms with Crippen molar-refractivity contribution in [2.45, 2.75) is 20.3 Å². The second kappa shape index (κ2) is 5.12. The van der Waals surface area contributed by atoms with Gasteiger partial charge < -0.3 is 10.6 Å². The van der Waals surface area contributed by atoms with Crippen molar-refractivity contribution >= 4 is 33.3 Å². The Morgan fingerprint density at radius 1 is 1.25 bits per heavy atom. The fourth-order valence-corrected chi connectivity index (χ4v) is 2.24. The first kappa shape index (κ1) is 11.1. The molecule has 0 aliphatic rings. The van der Waals surface area contributed by atoms with Crippen LogP contribution in [-0.4, -0.2) is 23.1 Å². The Morgan fingerprint density at radius 2 is 2.12 bits per heavy atom. The topological polar surface area (TPSA) is 49.8 Å². The van der Waals surface area contributed by atoms with E-state index in [1.165, 1.54) is 0 Å². The van der Waals surface area contributed by atoms with E-state index in [1.54, 1.807) is 11.3 Å². The highest BCUT2D eigenvalue weighted by atomic mass is 32.1. The largest absolute Gasteiger partial charge is 0.370 e. The molecule has 16 heavy (non-hydrogen) atoms. The van der Waals surface area contributed by atoms with Crippen molar-refractivity contribution in [2.75, 3.05) is 23.7 Å². The molecule has 2 aromatic heterocycles. The molecule has 2 aromatic rings. The molecule has 0 bridgehead atoms. The molecule has 0 aliphatic carbocycles. The molecule has 0 radical (unpaired) electrons. The van der Waals surface area contributed by atoms with E-state index in [9.17, 15) is 0 Å². The van der Waals surface area contributed by atoms with Crippen LogP contribution in [-0.2, 0) is 0 Å². The molecular weight excluding hydrogens is 220 g/mol. The number of hydrogen-bond acceptors (Lipinski definition) is 5. The van der Waals surface area contributed by atoms with Crippen molar-refractivity contribution < 1.29 is 0 Å². The van der Waals surface area contributed by atoms with Crippen LogP contribution in [0.1, 0.15) is 20.3 Å². The van der Waals surface area contributed by atoms with Crippen molar-refractivity contribution in [3.05, 3.63) is 11.4 Å². The molecule has 5 heteroatoms. The van der Waals surface area contributed by atoms with Gasteiger partial charge >= 0.3 is 0 Å². The third-order valence-corrected chi connectivity index (χ3v) is 3.01. The van der Waals surface area contributed by atoms with Gasteiger partial charge in [0.05, 0.1) is 5.39 Å². The number of nitrogens with one attached hydrogen (secondary N) is 2. The lowest BCUT2D eigenvalue weighted by molar-refractivity contribution is 0.957. The minimum atomic E-state index is 0.716. The van der Waals surface area contributed by atoms with E-state index in [0.29, 0.717) is 5.95 Å². The fraction of sp³-hybridized carbons (Fsp3) is 0.455. The first-order chi connectivity index (χ1) is 7.85. The molecule has 0 atom stereocenters. The van der Waals surface area contributed by atoms with Gasteiger partial charge in [-0.3, -0.25) is 0 Å². The zero-order chi connectivity index (χ0) is 11.4. The summed E-state index contributed by atoms with van der Waals surface area (Å²) in [6.07, 6.45) is 1.07. The lowest BCUT2D eigenvalue weighted by atomic mass is 10.4. The van der Waals surface area contributed by atoms with Gasteiger partial charge in [0.2, 0.25) is 5.95 Å². The first-order valence-corrected chi connectivity index (χ1v) is 6.46. The highest BCUT2D eigenvalue weighted by molar-refractivity contribution is 7.16. The summed E-state index contributed by atoms with van der Waals surface area (Å²) in [7, 11) is 0. The fourth-order valence-electron chi connectivity index (χ4n) is 1.47. The SMILES string of the molecule is CCCNc1nc(NCC)c2ccsc2n1. The van der Waals surface area contributed by atoms with Crippen LogP contribution >= 0.6 is 11.3 Å². The van der Waals surface area contributed by atoms with E-state index in [1.807, 2.05) is 5.38 Å². The quantitative estimate of drug-likeness (QED) is 0.838. The lowest BCUT2D eigenvalue weighted by Crippen LogP contribution is -2.07. The molecule has 0 fully saturated rings. The van der Waals surface area contributed by atoms with Crippen molar-refractivity contribution in [3.63, 3.8) is 0 Å². The standard InChI is InChI=1S/C11H16N4S/c1-3-6-13-11-14-9(12-4-2)8-5-7-16-10(8)15-11/h5,7H,3-4,6H2,1-2H3,(H2,12,13,14,15). The molecule has 0 unspecified atom stereocenters. The summed E-state index contributed by atoms with van der Waals surface area (Å²) < 4.78 is 0. The molecule has 0 saturated carbocycles. The van der Waals surface area contributed by atoms with Crippen molar-refractivity contribution in [3.8, 4) is 0 Å². The smallest absolute Gasteiger partial charge is 0.226 e. The number of hydrogen-bond donors (Lipinski definition) is 2. The molecule has 4 nitrogen and oxygen atoms in total. The van der Waals surface area contributed by atoms with Gasteiger partial charge in [-0.1, -0.05) is 6.92 Å². The van der Waals surface area contributed by atoms with Crippen LogP contribution in [0.25, 0.3) is 10.2 Å². The monoisotopic (exact) mass is 236 g/mol. The number of nitrogens with zero attached hydrogens (tertiary/aromatic N) is 2. The second-order valence-corrected chi connectivity index (χ2v) is 4.39. The number of rotatable bonds is 5. The summed E-state index contributed by atoms with van der Waals surface area (Å²) in [5.41, 5.74) is 0. The van der Waals surface area contributed by atoms with Crippen molar-refractivity contribution in [1.82, 2.24) is 9.97 Å². The van der Waals surface area contributed by atoms with Gasteiger partial charge in [-0.05, 0) is 24.8 Å². The normalized spacial score (nSPS) is 10.6. The van der Waals surface area contributed by atoms with Crippen molar-refractivity contribution in [2.24, 2.45) is 0 Å². The average molecular weight is 236 g/mol. The van der Waals surface area contributed by atoms with E-state index in [0.717, 1.165) is 35.5 Å². The summed E-state index contributed by atoms with van der Waals surface area (Å²) in [6, 6.07) is 2.06. The molecule has 0 saturated heterocycles. The summed E-state index contributed by atoms with van der Waals surface area (Å²) in [4.78, 5) is 9.98. The Labute approximate surface area is 99.1 Å². The maximum Gasteiger partial charge on any atom is 0.226 e. The molecule has 86 valence electrons. The number of fused-ring (bicyclic) bond motifs is 1. The van der Waals surface area contributed by atoms with Gasteiger partial charge in [-0.25, -0.2) is 4.98 Å². The molecular formula is C11H16N4S. The average Bonchev–Trinajstić information content (AvgIpc) is 2.75. The molecule has 2 heterocycles. The molecule has 0 aliphatic heterocycles. The van der Waals surface area contributed by atoms with Crippen LogP contribution in [0.4, 0.5) is 11.8 Å². The number of anilines is 2. The van der Waals surface area contributed by atoms with Crippen LogP contribution in [0.15, 0.2) is 11.4 Å². The Hall–Kier alpha value is -1.36. The van der Waals surface area contributed by atoms with Crippen molar-refractivity contribution in [1.29, 1.82) is 0 Å². The van der Waals surface area contributed by atoms with Gasteiger partial charge in [-0.15, -0.1) is 11.3 Å². The predicted octanol–water partition coefficient (Wildman–Crippen LogP) is 2.95. The molecule has 0 spiro atoms. The van der Waals surface area contributed by atoms with Crippen LogP contribution < -0.4 is 10.6 Å². The van der Waals surface area contributed by atoms with Crippen LogP contribution in [0, 0.1) is 0 Å². The van der Waals surface area contributed by atoms with E-state index >= 15 is 0 Å². The van der Waals surface area contributed by atoms with Crippen LogP contribution in [0.2, 0.25) is 0 Å². The Kier molecular flexibility index (Phi) is 3.56.